The van der Waals surface area contributed by atoms with E-state index in [4.69, 9.17) is 9.31 Å². The standard InChI is InChI=1S/C17H27BO2S/c1-7-13(2)21-12-14-10-8-9-11-15(14)18-19-16(3,4)17(5,6)20-18/h8-11,13H,7,12H2,1-6H3. The summed E-state index contributed by atoms with van der Waals surface area (Å²) in [4.78, 5) is 0. The van der Waals surface area contributed by atoms with Crippen molar-refractivity contribution in [2.75, 3.05) is 0 Å². The van der Waals surface area contributed by atoms with Crippen LogP contribution in [0.25, 0.3) is 0 Å². The second kappa shape index (κ2) is 6.35. The maximum Gasteiger partial charge on any atom is 0.495 e. The summed E-state index contributed by atoms with van der Waals surface area (Å²) in [7, 11) is -0.260. The fourth-order valence-electron chi connectivity index (χ4n) is 2.22. The van der Waals surface area contributed by atoms with Crippen molar-refractivity contribution < 1.29 is 9.31 Å². The molecule has 1 aliphatic rings. The number of rotatable bonds is 5. The summed E-state index contributed by atoms with van der Waals surface area (Å²) in [6.45, 7) is 12.9. The smallest absolute Gasteiger partial charge is 0.399 e. The van der Waals surface area contributed by atoms with Crippen LogP contribution in [-0.2, 0) is 15.1 Å². The summed E-state index contributed by atoms with van der Waals surface area (Å²) >= 11 is 1.99. The van der Waals surface area contributed by atoms with Gasteiger partial charge >= 0.3 is 7.12 Å². The van der Waals surface area contributed by atoms with Crippen LogP contribution in [0.4, 0.5) is 0 Å². The fourth-order valence-corrected chi connectivity index (χ4v) is 3.18. The van der Waals surface area contributed by atoms with E-state index >= 15 is 0 Å². The number of thioether (sulfide) groups is 1. The Morgan fingerprint density at radius 3 is 2.24 bits per heavy atom. The third-order valence-corrected chi connectivity index (χ3v) is 6.04. The van der Waals surface area contributed by atoms with E-state index in [1.807, 2.05) is 11.8 Å². The van der Waals surface area contributed by atoms with Crippen LogP contribution in [0.5, 0.6) is 0 Å². The van der Waals surface area contributed by atoms with E-state index in [-0.39, 0.29) is 18.3 Å². The van der Waals surface area contributed by atoms with Crippen molar-refractivity contribution in [1.82, 2.24) is 0 Å². The Balaban J connectivity index is 2.18. The molecular weight excluding hydrogens is 279 g/mol. The molecule has 1 aliphatic heterocycles. The van der Waals surface area contributed by atoms with E-state index in [1.54, 1.807) is 0 Å². The van der Waals surface area contributed by atoms with Crippen LogP contribution in [0, 0.1) is 0 Å². The van der Waals surface area contributed by atoms with Gasteiger partial charge in [0.15, 0.2) is 0 Å². The minimum absolute atomic E-state index is 0.260. The first-order valence-electron chi connectivity index (χ1n) is 7.82. The van der Waals surface area contributed by atoms with E-state index < -0.39 is 0 Å². The van der Waals surface area contributed by atoms with Gasteiger partial charge in [0.2, 0.25) is 0 Å². The Labute approximate surface area is 134 Å². The van der Waals surface area contributed by atoms with E-state index in [9.17, 15) is 0 Å². The van der Waals surface area contributed by atoms with Gasteiger partial charge in [-0.3, -0.25) is 0 Å². The zero-order valence-corrected chi connectivity index (χ0v) is 14.9. The van der Waals surface area contributed by atoms with Crippen LogP contribution >= 0.6 is 11.8 Å². The Morgan fingerprint density at radius 2 is 1.67 bits per heavy atom. The van der Waals surface area contributed by atoms with Gasteiger partial charge in [-0.15, -0.1) is 0 Å². The average Bonchev–Trinajstić information content (AvgIpc) is 2.65. The summed E-state index contributed by atoms with van der Waals surface area (Å²) in [5.41, 5.74) is 1.93. The topological polar surface area (TPSA) is 18.5 Å². The molecule has 1 unspecified atom stereocenters. The molecule has 1 fully saturated rings. The predicted octanol–water partition coefficient (Wildman–Crippen LogP) is 4.02. The van der Waals surface area contributed by atoms with Gasteiger partial charge < -0.3 is 9.31 Å². The summed E-state index contributed by atoms with van der Waals surface area (Å²) < 4.78 is 12.4. The molecule has 2 nitrogen and oxygen atoms in total. The highest BCUT2D eigenvalue weighted by molar-refractivity contribution is 7.99. The van der Waals surface area contributed by atoms with Gasteiger partial charge in [0.1, 0.15) is 0 Å². The van der Waals surface area contributed by atoms with Gasteiger partial charge in [0.05, 0.1) is 11.2 Å². The van der Waals surface area contributed by atoms with Gasteiger partial charge in [-0.05, 0) is 45.1 Å². The zero-order chi connectivity index (χ0) is 15.7. The van der Waals surface area contributed by atoms with Crippen LogP contribution in [0.1, 0.15) is 53.5 Å². The summed E-state index contributed by atoms with van der Waals surface area (Å²) in [6.07, 6.45) is 1.20. The van der Waals surface area contributed by atoms with Gasteiger partial charge in [-0.25, -0.2) is 0 Å². The third kappa shape index (κ3) is 3.66. The van der Waals surface area contributed by atoms with Crippen molar-refractivity contribution in [2.24, 2.45) is 0 Å². The van der Waals surface area contributed by atoms with Crippen molar-refractivity contribution in [1.29, 1.82) is 0 Å². The average molecular weight is 306 g/mol. The van der Waals surface area contributed by atoms with Crippen molar-refractivity contribution in [2.45, 2.75) is 70.2 Å². The lowest BCUT2D eigenvalue weighted by Gasteiger charge is -2.32. The zero-order valence-electron chi connectivity index (χ0n) is 14.1. The first-order chi connectivity index (χ1) is 9.77. The van der Waals surface area contributed by atoms with Crippen LogP contribution < -0.4 is 5.46 Å². The molecule has 0 radical (unpaired) electrons. The van der Waals surface area contributed by atoms with Crippen LogP contribution in [-0.4, -0.2) is 23.6 Å². The molecule has 1 heterocycles. The lowest BCUT2D eigenvalue weighted by molar-refractivity contribution is 0.00578. The lowest BCUT2D eigenvalue weighted by atomic mass is 9.76. The van der Waals surface area contributed by atoms with E-state index in [1.165, 1.54) is 17.4 Å². The molecular formula is C17H27BO2S. The SMILES string of the molecule is CCC(C)SCc1ccccc1B1OC(C)(C)C(C)(C)O1. The van der Waals surface area contributed by atoms with Crippen LogP contribution in [0.3, 0.4) is 0 Å². The minimum Gasteiger partial charge on any atom is -0.399 e. The first kappa shape index (κ1) is 16.9. The molecule has 1 atom stereocenters. The molecule has 0 aromatic heterocycles. The quantitative estimate of drug-likeness (QED) is 0.766. The number of benzene rings is 1. The van der Waals surface area contributed by atoms with E-state index in [2.05, 4.69) is 65.8 Å². The summed E-state index contributed by atoms with van der Waals surface area (Å²) in [5.74, 6) is 1.01. The predicted molar refractivity (Wildman–Crippen MR) is 93.2 cm³/mol. The molecule has 2 rings (SSSR count). The summed E-state index contributed by atoms with van der Waals surface area (Å²) in [6, 6.07) is 8.49. The minimum atomic E-state index is -0.283. The molecule has 0 N–H and O–H groups in total. The molecule has 0 bridgehead atoms. The third-order valence-electron chi connectivity index (χ3n) is 4.66. The molecule has 0 aliphatic carbocycles. The highest BCUT2D eigenvalue weighted by Gasteiger charge is 2.52. The van der Waals surface area contributed by atoms with Crippen LogP contribution in [0.2, 0.25) is 0 Å². The first-order valence-corrected chi connectivity index (χ1v) is 8.87. The Morgan fingerprint density at radius 1 is 1.10 bits per heavy atom. The van der Waals surface area contributed by atoms with Crippen molar-refractivity contribution in [3.63, 3.8) is 0 Å². The second-order valence-electron chi connectivity index (χ2n) is 6.82. The highest BCUT2D eigenvalue weighted by Crippen LogP contribution is 2.36. The van der Waals surface area contributed by atoms with Gasteiger partial charge in [-0.1, -0.05) is 38.1 Å². The molecule has 1 saturated heterocycles. The van der Waals surface area contributed by atoms with Crippen LogP contribution in [0.15, 0.2) is 24.3 Å². The Kier molecular flexibility index (Phi) is 5.12. The Hall–Kier alpha value is -0.445. The molecule has 0 saturated carbocycles. The molecule has 1 aromatic carbocycles. The normalized spacial score (nSPS) is 21.5. The largest absolute Gasteiger partial charge is 0.495 e. The maximum absolute atomic E-state index is 6.19. The molecule has 1 aromatic rings. The monoisotopic (exact) mass is 306 g/mol. The van der Waals surface area contributed by atoms with E-state index in [0.29, 0.717) is 5.25 Å². The second-order valence-corrected chi connectivity index (χ2v) is 8.24. The van der Waals surface area contributed by atoms with Crippen molar-refractivity contribution >= 4 is 24.3 Å². The van der Waals surface area contributed by atoms with Gasteiger partial charge in [0, 0.05) is 11.0 Å². The number of hydrogen-bond donors (Lipinski definition) is 0. The molecule has 21 heavy (non-hydrogen) atoms. The molecule has 4 heteroatoms. The Bertz CT molecular complexity index is 471. The fraction of sp³-hybridized carbons (Fsp3) is 0.647. The van der Waals surface area contributed by atoms with Crippen molar-refractivity contribution in [3.8, 4) is 0 Å². The molecule has 116 valence electrons. The molecule has 0 spiro atoms. The van der Waals surface area contributed by atoms with E-state index in [0.717, 1.165) is 5.75 Å². The maximum atomic E-state index is 6.19. The van der Waals surface area contributed by atoms with Crippen molar-refractivity contribution in [3.05, 3.63) is 29.8 Å². The highest BCUT2D eigenvalue weighted by atomic mass is 32.2. The van der Waals surface area contributed by atoms with Gasteiger partial charge in [-0.2, -0.15) is 11.8 Å². The summed E-state index contributed by atoms with van der Waals surface area (Å²) in [5, 5.41) is 0.677. The molecule has 0 amide bonds. The van der Waals surface area contributed by atoms with Gasteiger partial charge in [0.25, 0.3) is 0 Å². The lowest BCUT2D eigenvalue weighted by Crippen LogP contribution is -2.41. The number of hydrogen-bond acceptors (Lipinski definition) is 3.